The minimum Gasteiger partial charge on any atom is -0.294 e. The summed E-state index contributed by atoms with van der Waals surface area (Å²) in [5.74, 6) is 0.893. The number of fused-ring (bicyclic) bond motifs is 2. The van der Waals surface area contributed by atoms with E-state index in [1.54, 1.807) is 16.7 Å². The molecule has 4 nitrogen and oxygen atoms in total. The highest BCUT2D eigenvalue weighted by molar-refractivity contribution is 7.15. The molecule has 1 aliphatic heterocycles. The van der Waals surface area contributed by atoms with Crippen LogP contribution < -0.4 is 5.56 Å². The van der Waals surface area contributed by atoms with Gasteiger partial charge in [0.15, 0.2) is 4.96 Å². The first-order valence-electron chi connectivity index (χ1n) is 7.51. The van der Waals surface area contributed by atoms with Gasteiger partial charge in [-0.25, -0.2) is 4.98 Å². The minimum absolute atomic E-state index is 0.0455. The van der Waals surface area contributed by atoms with Crippen molar-refractivity contribution in [3.05, 3.63) is 33.7 Å². The Balaban J connectivity index is 1.54. The molecule has 0 spiro atoms. The third kappa shape index (κ3) is 2.09. The summed E-state index contributed by atoms with van der Waals surface area (Å²) in [7, 11) is 0. The van der Waals surface area contributed by atoms with Gasteiger partial charge in [0.1, 0.15) is 0 Å². The highest BCUT2D eigenvalue weighted by Gasteiger charge is 2.38. The fourth-order valence-electron chi connectivity index (χ4n) is 3.72. The van der Waals surface area contributed by atoms with Crippen molar-refractivity contribution in [2.45, 2.75) is 44.7 Å². The number of nitrogens with zero attached hydrogens (tertiary/aromatic N) is 3. The van der Waals surface area contributed by atoms with E-state index >= 15 is 0 Å². The average Bonchev–Trinajstić information content (AvgIpc) is 2.80. The van der Waals surface area contributed by atoms with Crippen LogP contribution in [0.2, 0.25) is 0 Å². The largest absolute Gasteiger partial charge is 0.294 e. The zero-order valence-electron chi connectivity index (χ0n) is 11.5. The molecule has 0 bridgehead atoms. The van der Waals surface area contributed by atoms with Crippen molar-refractivity contribution in [2.75, 3.05) is 6.54 Å². The number of thiazole rings is 1. The van der Waals surface area contributed by atoms with Gasteiger partial charge in [0.05, 0.1) is 5.69 Å². The Bertz CT molecular complexity index is 677. The molecule has 1 saturated heterocycles. The summed E-state index contributed by atoms with van der Waals surface area (Å²) in [6, 6.07) is 2.44. The van der Waals surface area contributed by atoms with E-state index in [2.05, 4.69) is 9.88 Å². The van der Waals surface area contributed by atoms with Crippen molar-refractivity contribution >= 4 is 16.3 Å². The minimum atomic E-state index is 0.0455. The number of hydrogen-bond donors (Lipinski definition) is 0. The first-order chi connectivity index (χ1) is 9.81. The van der Waals surface area contributed by atoms with Crippen LogP contribution in [0.3, 0.4) is 0 Å². The topological polar surface area (TPSA) is 37.6 Å². The van der Waals surface area contributed by atoms with E-state index in [4.69, 9.17) is 0 Å². The molecule has 5 heteroatoms. The first kappa shape index (κ1) is 12.5. The van der Waals surface area contributed by atoms with Crippen LogP contribution in [-0.4, -0.2) is 26.9 Å². The van der Waals surface area contributed by atoms with Crippen molar-refractivity contribution in [2.24, 2.45) is 5.92 Å². The van der Waals surface area contributed by atoms with Crippen LogP contribution in [0.4, 0.5) is 0 Å². The van der Waals surface area contributed by atoms with Gasteiger partial charge in [-0.3, -0.25) is 14.1 Å². The molecule has 0 N–H and O–H groups in total. The van der Waals surface area contributed by atoms with Gasteiger partial charge in [0, 0.05) is 36.8 Å². The first-order valence-corrected chi connectivity index (χ1v) is 8.39. The summed E-state index contributed by atoms with van der Waals surface area (Å²) >= 11 is 1.53. The zero-order chi connectivity index (χ0) is 13.5. The molecule has 2 aromatic rings. The molecule has 2 atom stereocenters. The van der Waals surface area contributed by atoms with Crippen LogP contribution in [0, 0.1) is 5.92 Å². The van der Waals surface area contributed by atoms with Crippen LogP contribution in [-0.2, 0) is 6.54 Å². The Kier molecular flexibility index (Phi) is 3.11. The number of likely N-dealkylation sites (tertiary alicyclic amines) is 1. The van der Waals surface area contributed by atoms with E-state index in [1.165, 1.54) is 50.0 Å². The van der Waals surface area contributed by atoms with E-state index in [0.29, 0.717) is 0 Å². The Hall–Kier alpha value is -1.20. The van der Waals surface area contributed by atoms with Crippen LogP contribution >= 0.6 is 11.3 Å². The Morgan fingerprint density at radius 3 is 3.15 bits per heavy atom. The fourth-order valence-corrected chi connectivity index (χ4v) is 4.45. The predicted molar refractivity (Wildman–Crippen MR) is 80.1 cm³/mol. The summed E-state index contributed by atoms with van der Waals surface area (Å²) in [4.78, 5) is 19.9. The van der Waals surface area contributed by atoms with Gasteiger partial charge in [-0.15, -0.1) is 11.3 Å². The van der Waals surface area contributed by atoms with E-state index < -0.39 is 0 Å². The lowest BCUT2D eigenvalue weighted by Gasteiger charge is -2.47. The molecule has 0 amide bonds. The van der Waals surface area contributed by atoms with E-state index in [9.17, 15) is 4.79 Å². The number of hydrogen-bond acceptors (Lipinski definition) is 4. The summed E-state index contributed by atoms with van der Waals surface area (Å²) in [6.45, 7) is 2.03. The lowest BCUT2D eigenvalue weighted by atomic mass is 9.84. The Labute approximate surface area is 122 Å². The molecule has 20 heavy (non-hydrogen) atoms. The molecule has 4 rings (SSSR count). The molecule has 3 heterocycles. The lowest BCUT2D eigenvalue weighted by Crippen LogP contribution is -2.55. The van der Waals surface area contributed by atoms with Crippen molar-refractivity contribution in [1.29, 1.82) is 0 Å². The van der Waals surface area contributed by atoms with Crippen LogP contribution in [0.1, 0.15) is 37.8 Å². The van der Waals surface area contributed by atoms with E-state index in [0.717, 1.165) is 29.2 Å². The summed E-state index contributed by atoms with van der Waals surface area (Å²) in [5, 5.41) is 1.92. The highest BCUT2D eigenvalue weighted by atomic mass is 32.1. The molecule has 0 aromatic carbocycles. The third-order valence-electron chi connectivity index (χ3n) is 4.78. The maximum Gasteiger partial charge on any atom is 0.258 e. The van der Waals surface area contributed by atoms with Gasteiger partial charge < -0.3 is 0 Å². The molecule has 106 valence electrons. The Morgan fingerprint density at radius 2 is 2.20 bits per heavy atom. The van der Waals surface area contributed by atoms with Crippen LogP contribution in [0.5, 0.6) is 0 Å². The predicted octanol–water partition coefficient (Wildman–Crippen LogP) is 2.52. The maximum absolute atomic E-state index is 12.0. The molecule has 0 radical (unpaired) electrons. The Morgan fingerprint density at radius 1 is 1.30 bits per heavy atom. The molecule has 0 unspecified atom stereocenters. The quantitative estimate of drug-likeness (QED) is 0.852. The zero-order valence-corrected chi connectivity index (χ0v) is 12.3. The lowest BCUT2D eigenvalue weighted by molar-refractivity contribution is 0.00205. The summed E-state index contributed by atoms with van der Waals surface area (Å²) < 4.78 is 1.62. The van der Waals surface area contributed by atoms with Gasteiger partial charge in [-0.05, 0) is 18.8 Å². The van der Waals surface area contributed by atoms with Gasteiger partial charge >= 0.3 is 0 Å². The van der Waals surface area contributed by atoms with Gasteiger partial charge in [0.25, 0.3) is 5.56 Å². The van der Waals surface area contributed by atoms with E-state index in [1.807, 2.05) is 5.38 Å². The standard InChI is InChI=1S/C15H19N3OS/c19-14-8-12(16-15-18(14)6-7-20-15)10-17-9-11-4-2-1-3-5-13(11)17/h6-8,11,13H,1-5,9-10H2/t11-,13-/m0/s1. The van der Waals surface area contributed by atoms with Crippen LogP contribution in [0.15, 0.2) is 22.4 Å². The molecule has 1 saturated carbocycles. The summed E-state index contributed by atoms with van der Waals surface area (Å²) in [6.07, 6.45) is 8.66. The molecule has 1 aliphatic carbocycles. The molecule has 2 aliphatic rings. The molecule has 2 fully saturated rings. The molecular formula is C15H19N3OS. The van der Waals surface area contributed by atoms with Crippen molar-refractivity contribution < 1.29 is 0 Å². The number of rotatable bonds is 2. The highest BCUT2D eigenvalue weighted by Crippen LogP contribution is 2.36. The van der Waals surface area contributed by atoms with Crippen molar-refractivity contribution in [3.8, 4) is 0 Å². The van der Waals surface area contributed by atoms with Crippen molar-refractivity contribution in [1.82, 2.24) is 14.3 Å². The summed E-state index contributed by atoms with van der Waals surface area (Å²) in [5.41, 5.74) is 0.976. The van der Waals surface area contributed by atoms with Gasteiger partial charge in [0.2, 0.25) is 0 Å². The SMILES string of the molecule is O=c1cc(CN2C[C@@H]3CCCCC[C@@H]32)nc2sccn12. The van der Waals surface area contributed by atoms with Crippen LogP contribution in [0.25, 0.3) is 4.96 Å². The fraction of sp³-hybridized carbons (Fsp3) is 0.600. The smallest absolute Gasteiger partial charge is 0.258 e. The van der Waals surface area contributed by atoms with E-state index in [-0.39, 0.29) is 5.56 Å². The normalized spacial score (nSPS) is 27.0. The second kappa shape index (κ2) is 4.97. The van der Waals surface area contributed by atoms with Gasteiger partial charge in [-0.1, -0.05) is 19.3 Å². The maximum atomic E-state index is 12.0. The molecule has 2 aromatic heterocycles. The van der Waals surface area contributed by atoms with Crippen molar-refractivity contribution in [3.63, 3.8) is 0 Å². The second-order valence-corrected chi connectivity index (χ2v) is 6.91. The third-order valence-corrected chi connectivity index (χ3v) is 5.53. The number of aromatic nitrogens is 2. The van der Waals surface area contributed by atoms with Gasteiger partial charge in [-0.2, -0.15) is 0 Å². The average molecular weight is 289 g/mol. The molecular weight excluding hydrogens is 270 g/mol. The monoisotopic (exact) mass is 289 g/mol. The second-order valence-electron chi connectivity index (χ2n) is 6.04.